The molecule has 0 spiro atoms. The van der Waals surface area contributed by atoms with Crippen molar-refractivity contribution in [2.45, 2.75) is 0 Å². The number of hydrogen-bond donors (Lipinski definition) is 0. The Bertz CT molecular complexity index is 1060. The Morgan fingerprint density at radius 1 is 0.690 bits per heavy atom. The van der Waals surface area contributed by atoms with Gasteiger partial charge < -0.3 is 4.74 Å². The first-order valence-corrected chi connectivity index (χ1v) is 10.9. The van der Waals surface area contributed by atoms with E-state index >= 15 is 0 Å². The maximum atomic E-state index is 12.7. The summed E-state index contributed by atoms with van der Waals surface area (Å²) >= 11 is 6.36. The second kappa shape index (κ2) is 9.05. The zero-order valence-corrected chi connectivity index (χ0v) is 17.2. The molecule has 0 N–H and O–H groups in total. The fourth-order valence-electron chi connectivity index (χ4n) is 3.07. The Kier molecular flexibility index (Phi) is 6.05. The number of benzene rings is 4. The maximum Gasteiger partial charge on any atom is 0.343 e. The zero-order valence-electron chi connectivity index (χ0n) is 15.5. The maximum absolute atomic E-state index is 12.7. The van der Waals surface area contributed by atoms with E-state index in [0.717, 1.165) is 15.9 Å². The summed E-state index contributed by atoms with van der Waals surface area (Å²) in [6, 6.07) is 34.9. The van der Waals surface area contributed by atoms with Gasteiger partial charge in [-0.3, -0.25) is 0 Å². The number of ether oxygens (including phenoxy) is 1. The van der Waals surface area contributed by atoms with Crippen LogP contribution >= 0.6 is 19.5 Å². The lowest BCUT2D eigenvalue weighted by atomic mass is 10.2. The molecule has 0 atom stereocenters. The Labute approximate surface area is 176 Å². The van der Waals surface area contributed by atoms with Crippen LogP contribution in [0, 0.1) is 0 Å². The van der Waals surface area contributed by atoms with Crippen molar-refractivity contribution in [3.63, 3.8) is 0 Å². The highest BCUT2D eigenvalue weighted by Gasteiger charge is 2.22. The fraction of sp³-hybridized carbons (Fsp3) is 0. The molecule has 0 aliphatic carbocycles. The van der Waals surface area contributed by atoms with Crippen molar-refractivity contribution in [2.75, 3.05) is 0 Å². The first kappa shape index (κ1) is 19.4. The first-order chi connectivity index (χ1) is 14.2. The van der Waals surface area contributed by atoms with Crippen molar-refractivity contribution in [3.8, 4) is 5.75 Å². The topological polar surface area (TPSA) is 26.3 Å². The molecular formula is C25H18ClO2P. The molecule has 29 heavy (non-hydrogen) atoms. The van der Waals surface area contributed by atoms with E-state index in [1.807, 2.05) is 60.7 Å². The standard InChI is InChI=1S/C25H18ClO2P/c26-20-16-17-23(28-25(27)19-10-4-1-5-11-19)24(18-20)29(21-12-6-2-7-13-21)22-14-8-3-9-15-22/h1-18H. The Morgan fingerprint density at radius 3 is 1.76 bits per heavy atom. The highest BCUT2D eigenvalue weighted by atomic mass is 35.5. The predicted octanol–water partition coefficient (Wildman–Crippen LogP) is 5.32. The van der Waals surface area contributed by atoms with E-state index < -0.39 is 7.92 Å². The molecule has 4 rings (SSSR count). The number of rotatable bonds is 5. The molecule has 0 unspecified atom stereocenters. The van der Waals surface area contributed by atoms with Gasteiger partial charge in [-0.15, -0.1) is 0 Å². The largest absolute Gasteiger partial charge is 0.422 e. The summed E-state index contributed by atoms with van der Waals surface area (Å²) in [5, 5.41) is 3.84. The molecule has 142 valence electrons. The second-order valence-corrected chi connectivity index (χ2v) is 9.00. The predicted molar refractivity (Wildman–Crippen MR) is 122 cm³/mol. The van der Waals surface area contributed by atoms with Crippen LogP contribution in [0.1, 0.15) is 10.4 Å². The van der Waals surface area contributed by atoms with Gasteiger partial charge in [0.15, 0.2) is 0 Å². The van der Waals surface area contributed by atoms with Crippen LogP contribution in [-0.2, 0) is 0 Å². The monoisotopic (exact) mass is 416 g/mol. The van der Waals surface area contributed by atoms with Crippen molar-refractivity contribution < 1.29 is 9.53 Å². The summed E-state index contributed by atoms with van der Waals surface area (Å²) in [5.74, 6) is 0.146. The van der Waals surface area contributed by atoms with Crippen molar-refractivity contribution in [2.24, 2.45) is 0 Å². The molecule has 0 saturated carbocycles. The minimum Gasteiger partial charge on any atom is -0.422 e. The average Bonchev–Trinajstić information content (AvgIpc) is 2.78. The van der Waals surface area contributed by atoms with Gasteiger partial charge in [0.1, 0.15) is 5.75 Å². The van der Waals surface area contributed by atoms with E-state index in [9.17, 15) is 4.79 Å². The van der Waals surface area contributed by atoms with Gasteiger partial charge in [-0.1, -0.05) is 90.5 Å². The van der Waals surface area contributed by atoms with E-state index in [2.05, 4.69) is 24.3 Å². The minimum absolute atomic E-state index is 0.384. The molecule has 4 aromatic rings. The van der Waals surface area contributed by atoms with E-state index in [-0.39, 0.29) is 5.97 Å². The molecule has 4 aromatic carbocycles. The smallest absolute Gasteiger partial charge is 0.343 e. The third kappa shape index (κ3) is 4.56. The quantitative estimate of drug-likeness (QED) is 0.250. The molecule has 0 aliphatic heterocycles. The minimum atomic E-state index is -0.944. The number of esters is 1. The summed E-state index contributed by atoms with van der Waals surface area (Å²) in [4.78, 5) is 12.7. The van der Waals surface area contributed by atoms with Crippen LogP contribution in [0.15, 0.2) is 109 Å². The van der Waals surface area contributed by atoms with Crippen molar-refractivity contribution >= 4 is 41.4 Å². The molecule has 0 amide bonds. The SMILES string of the molecule is O=C(Oc1ccc(Cl)cc1P(c1ccccc1)c1ccccc1)c1ccccc1. The van der Waals surface area contributed by atoms with Crippen molar-refractivity contribution in [3.05, 3.63) is 120 Å². The van der Waals surface area contributed by atoms with Crippen LogP contribution in [0.2, 0.25) is 5.02 Å². The normalized spacial score (nSPS) is 10.7. The Morgan fingerprint density at radius 2 is 1.21 bits per heavy atom. The summed E-state index contributed by atoms with van der Waals surface area (Å²) < 4.78 is 5.83. The first-order valence-electron chi connectivity index (χ1n) is 9.19. The third-order valence-electron chi connectivity index (χ3n) is 4.40. The van der Waals surface area contributed by atoms with Gasteiger partial charge in [0.25, 0.3) is 0 Å². The Hall–Kier alpha value is -2.93. The Balaban J connectivity index is 1.81. The van der Waals surface area contributed by atoms with Crippen molar-refractivity contribution in [1.82, 2.24) is 0 Å². The zero-order chi connectivity index (χ0) is 20.1. The molecule has 2 nitrogen and oxygen atoms in total. The lowest BCUT2D eigenvalue weighted by Gasteiger charge is -2.22. The molecule has 0 fully saturated rings. The van der Waals surface area contributed by atoms with Gasteiger partial charge in [0, 0.05) is 10.3 Å². The second-order valence-electron chi connectivity index (χ2n) is 6.37. The summed E-state index contributed by atoms with van der Waals surface area (Å²) in [7, 11) is -0.944. The summed E-state index contributed by atoms with van der Waals surface area (Å²) in [6.45, 7) is 0. The van der Waals surface area contributed by atoms with Gasteiger partial charge >= 0.3 is 5.97 Å². The van der Waals surface area contributed by atoms with Gasteiger partial charge in [-0.2, -0.15) is 0 Å². The number of carbonyl (C=O) groups is 1. The summed E-state index contributed by atoms with van der Waals surface area (Å²) in [6.07, 6.45) is 0. The van der Waals surface area contributed by atoms with Crippen LogP contribution in [0.3, 0.4) is 0 Å². The highest BCUT2D eigenvalue weighted by Crippen LogP contribution is 2.37. The van der Waals surface area contributed by atoms with Crippen LogP contribution < -0.4 is 20.7 Å². The molecular weight excluding hydrogens is 399 g/mol. The van der Waals surface area contributed by atoms with Gasteiger partial charge in [0.2, 0.25) is 0 Å². The van der Waals surface area contributed by atoms with Crippen LogP contribution in [0.5, 0.6) is 5.75 Å². The fourth-order valence-corrected chi connectivity index (χ4v) is 5.72. The highest BCUT2D eigenvalue weighted by molar-refractivity contribution is 7.80. The van der Waals surface area contributed by atoms with E-state index in [0.29, 0.717) is 16.3 Å². The molecule has 0 bridgehead atoms. The van der Waals surface area contributed by atoms with Crippen LogP contribution in [0.4, 0.5) is 0 Å². The molecule has 0 radical (unpaired) electrons. The molecule has 0 heterocycles. The lowest BCUT2D eigenvalue weighted by molar-refractivity contribution is 0.0736. The lowest BCUT2D eigenvalue weighted by Crippen LogP contribution is -2.23. The van der Waals surface area contributed by atoms with E-state index in [1.165, 1.54) is 0 Å². The average molecular weight is 417 g/mol. The molecule has 0 aromatic heterocycles. The van der Waals surface area contributed by atoms with Crippen LogP contribution in [0.25, 0.3) is 0 Å². The van der Waals surface area contributed by atoms with Crippen LogP contribution in [-0.4, -0.2) is 5.97 Å². The molecule has 4 heteroatoms. The van der Waals surface area contributed by atoms with E-state index in [4.69, 9.17) is 16.3 Å². The number of halogens is 1. The van der Waals surface area contributed by atoms with Gasteiger partial charge in [-0.25, -0.2) is 4.79 Å². The number of carbonyl (C=O) groups excluding carboxylic acids is 1. The van der Waals surface area contributed by atoms with E-state index in [1.54, 1.807) is 24.3 Å². The molecule has 0 saturated heterocycles. The third-order valence-corrected chi connectivity index (χ3v) is 7.10. The number of hydrogen-bond acceptors (Lipinski definition) is 2. The molecule has 0 aliphatic rings. The van der Waals surface area contributed by atoms with Crippen molar-refractivity contribution in [1.29, 1.82) is 0 Å². The van der Waals surface area contributed by atoms with Gasteiger partial charge in [0.05, 0.1) is 5.56 Å². The summed E-state index contributed by atoms with van der Waals surface area (Å²) in [5.41, 5.74) is 0.511. The van der Waals surface area contributed by atoms with Gasteiger partial charge in [-0.05, 0) is 48.9 Å².